The van der Waals surface area contributed by atoms with E-state index < -0.39 is 0 Å². The summed E-state index contributed by atoms with van der Waals surface area (Å²) >= 11 is 0. The van der Waals surface area contributed by atoms with Gasteiger partial charge in [-0.1, -0.05) is 33.9 Å². The van der Waals surface area contributed by atoms with Crippen molar-refractivity contribution in [3.05, 3.63) is 25.7 Å². The van der Waals surface area contributed by atoms with Gasteiger partial charge < -0.3 is 9.47 Å². The molecule has 0 aromatic carbocycles. The lowest BCUT2D eigenvalue weighted by atomic mass is 9.84. The standard InChI is InChI=1S/C14H26O2/c1-7-14(6,16-9-3)10-13(12(4)5)11-15-8-2/h8-9,12-13H,2-3,7,10-11H2,1,4-6H3. The average molecular weight is 226 g/mol. The van der Waals surface area contributed by atoms with Crippen LogP contribution < -0.4 is 0 Å². The maximum atomic E-state index is 5.62. The van der Waals surface area contributed by atoms with Gasteiger partial charge in [0.2, 0.25) is 0 Å². The van der Waals surface area contributed by atoms with Crippen molar-refractivity contribution in [2.45, 2.75) is 46.1 Å². The Kier molecular flexibility index (Phi) is 6.95. The zero-order chi connectivity index (χ0) is 12.6. The summed E-state index contributed by atoms with van der Waals surface area (Å²) in [6, 6.07) is 0. The van der Waals surface area contributed by atoms with E-state index in [0.29, 0.717) is 18.4 Å². The monoisotopic (exact) mass is 226 g/mol. The second-order valence-electron chi connectivity index (χ2n) is 4.80. The second-order valence-corrected chi connectivity index (χ2v) is 4.80. The van der Waals surface area contributed by atoms with Gasteiger partial charge in [0, 0.05) is 0 Å². The molecule has 2 unspecified atom stereocenters. The van der Waals surface area contributed by atoms with Crippen molar-refractivity contribution in [3.63, 3.8) is 0 Å². The molecule has 0 saturated heterocycles. The quantitative estimate of drug-likeness (QED) is 0.550. The smallest absolute Gasteiger partial charge is 0.105 e. The molecule has 0 rings (SSSR count). The first kappa shape index (κ1) is 15.1. The Balaban J connectivity index is 4.44. The average Bonchev–Trinajstić information content (AvgIpc) is 2.24. The van der Waals surface area contributed by atoms with Gasteiger partial charge in [0.15, 0.2) is 0 Å². The highest BCUT2D eigenvalue weighted by Crippen LogP contribution is 2.29. The summed E-state index contributed by atoms with van der Waals surface area (Å²) < 4.78 is 10.9. The van der Waals surface area contributed by atoms with Crippen LogP contribution in [-0.2, 0) is 9.47 Å². The number of rotatable bonds is 9. The molecule has 0 N–H and O–H groups in total. The molecule has 0 aliphatic carbocycles. The third-order valence-corrected chi connectivity index (χ3v) is 3.18. The molecule has 0 heterocycles. The van der Waals surface area contributed by atoms with E-state index in [4.69, 9.17) is 9.47 Å². The molecule has 0 aromatic heterocycles. The van der Waals surface area contributed by atoms with Gasteiger partial charge in [0.1, 0.15) is 5.60 Å². The lowest BCUT2D eigenvalue weighted by Crippen LogP contribution is -2.32. The molecule has 0 radical (unpaired) electrons. The van der Waals surface area contributed by atoms with Gasteiger partial charge in [-0.25, -0.2) is 0 Å². The summed E-state index contributed by atoms with van der Waals surface area (Å²) in [5, 5.41) is 0. The number of hydrogen-bond acceptors (Lipinski definition) is 2. The van der Waals surface area contributed by atoms with Crippen molar-refractivity contribution in [3.8, 4) is 0 Å². The fraction of sp³-hybridized carbons (Fsp3) is 0.714. The van der Waals surface area contributed by atoms with E-state index in [1.165, 1.54) is 12.5 Å². The minimum absolute atomic E-state index is 0.138. The van der Waals surface area contributed by atoms with Crippen molar-refractivity contribution in [2.24, 2.45) is 11.8 Å². The molecule has 0 aliphatic heterocycles. The largest absolute Gasteiger partial charge is 0.502 e. The lowest BCUT2D eigenvalue weighted by molar-refractivity contribution is -0.00475. The van der Waals surface area contributed by atoms with Crippen LogP contribution in [0.2, 0.25) is 0 Å². The Labute approximate surface area is 100 Å². The van der Waals surface area contributed by atoms with Crippen molar-refractivity contribution in [1.29, 1.82) is 0 Å². The van der Waals surface area contributed by atoms with Crippen molar-refractivity contribution in [1.82, 2.24) is 0 Å². The van der Waals surface area contributed by atoms with Crippen LogP contribution in [0.3, 0.4) is 0 Å². The molecule has 0 fully saturated rings. The fourth-order valence-corrected chi connectivity index (χ4v) is 1.71. The molecular formula is C14H26O2. The number of hydrogen-bond donors (Lipinski definition) is 0. The van der Waals surface area contributed by atoms with Gasteiger partial charge in [-0.3, -0.25) is 0 Å². The highest BCUT2D eigenvalue weighted by molar-refractivity contribution is 4.81. The molecule has 2 atom stereocenters. The third kappa shape index (κ3) is 5.24. The Morgan fingerprint density at radius 1 is 1.25 bits per heavy atom. The van der Waals surface area contributed by atoms with Crippen molar-refractivity contribution >= 4 is 0 Å². The van der Waals surface area contributed by atoms with Gasteiger partial charge in [-0.05, 0) is 31.6 Å². The molecule has 0 bridgehead atoms. The molecule has 0 saturated carbocycles. The first-order valence-corrected chi connectivity index (χ1v) is 6.00. The molecular weight excluding hydrogens is 200 g/mol. The van der Waals surface area contributed by atoms with Crippen LogP contribution in [0, 0.1) is 11.8 Å². The molecule has 2 heteroatoms. The van der Waals surface area contributed by atoms with Gasteiger partial charge in [-0.2, -0.15) is 0 Å². The summed E-state index contributed by atoms with van der Waals surface area (Å²) in [5.74, 6) is 1.04. The summed E-state index contributed by atoms with van der Waals surface area (Å²) in [6.45, 7) is 16.6. The predicted octanol–water partition coefficient (Wildman–Crippen LogP) is 4.14. The highest BCUT2D eigenvalue weighted by atomic mass is 16.5. The third-order valence-electron chi connectivity index (χ3n) is 3.18. The topological polar surface area (TPSA) is 18.5 Å². The molecule has 0 spiro atoms. The van der Waals surface area contributed by atoms with E-state index in [2.05, 4.69) is 40.9 Å². The van der Waals surface area contributed by atoms with Gasteiger partial charge in [0.05, 0.1) is 19.1 Å². The number of ether oxygens (including phenoxy) is 2. The molecule has 2 nitrogen and oxygen atoms in total. The Morgan fingerprint density at radius 3 is 2.25 bits per heavy atom. The SMILES string of the molecule is C=COCC(CC(C)(CC)OC=C)C(C)C. The first-order valence-electron chi connectivity index (χ1n) is 6.00. The van der Waals surface area contributed by atoms with Crippen LogP contribution in [0.5, 0.6) is 0 Å². The minimum Gasteiger partial charge on any atom is -0.502 e. The fourth-order valence-electron chi connectivity index (χ4n) is 1.71. The van der Waals surface area contributed by atoms with Crippen LogP contribution in [0.1, 0.15) is 40.5 Å². The summed E-state index contributed by atoms with van der Waals surface area (Å²) in [5.41, 5.74) is -0.138. The van der Waals surface area contributed by atoms with Gasteiger partial charge in [0.25, 0.3) is 0 Å². The van der Waals surface area contributed by atoms with Crippen LogP contribution in [-0.4, -0.2) is 12.2 Å². The van der Waals surface area contributed by atoms with E-state index in [1.54, 1.807) is 0 Å². The van der Waals surface area contributed by atoms with Gasteiger partial charge in [-0.15, -0.1) is 0 Å². The second kappa shape index (κ2) is 7.37. The summed E-state index contributed by atoms with van der Waals surface area (Å²) in [6.07, 6.45) is 4.99. The Hall–Kier alpha value is -0.920. The Morgan fingerprint density at radius 2 is 1.88 bits per heavy atom. The van der Waals surface area contributed by atoms with Crippen molar-refractivity contribution in [2.75, 3.05) is 6.61 Å². The van der Waals surface area contributed by atoms with E-state index in [9.17, 15) is 0 Å². The van der Waals surface area contributed by atoms with E-state index in [1.807, 2.05) is 0 Å². The lowest BCUT2D eigenvalue weighted by Gasteiger charge is -2.33. The predicted molar refractivity (Wildman–Crippen MR) is 69.1 cm³/mol. The van der Waals surface area contributed by atoms with Crippen molar-refractivity contribution < 1.29 is 9.47 Å². The van der Waals surface area contributed by atoms with E-state index in [-0.39, 0.29) is 5.60 Å². The Bertz CT molecular complexity index is 211. The zero-order valence-electron chi connectivity index (χ0n) is 11.2. The van der Waals surface area contributed by atoms with E-state index >= 15 is 0 Å². The molecule has 0 amide bonds. The van der Waals surface area contributed by atoms with Crippen LogP contribution in [0.25, 0.3) is 0 Å². The zero-order valence-corrected chi connectivity index (χ0v) is 11.2. The summed E-state index contributed by atoms with van der Waals surface area (Å²) in [7, 11) is 0. The van der Waals surface area contributed by atoms with Gasteiger partial charge >= 0.3 is 0 Å². The van der Waals surface area contributed by atoms with E-state index in [0.717, 1.165) is 12.8 Å². The molecule has 94 valence electrons. The maximum absolute atomic E-state index is 5.62. The highest BCUT2D eigenvalue weighted by Gasteiger charge is 2.29. The molecule has 0 aliphatic rings. The first-order chi connectivity index (χ1) is 7.49. The van der Waals surface area contributed by atoms with Crippen LogP contribution >= 0.6 is 0 Å². The van der Waals surface area contributed by atoms with Crippen LogP contribution in [0.15, 0.2) is 25.7 Å². The molecule has 16 heavy (non-hydrogen) atoms. The molecule has 0 aromatic rings. The normalized spacial score (nSPS) is 16.3. The minimum atomic E-state index is -0.138. The summed E-state index contributed by atoms with van der Waals surface area (Å²) in [4.78, 5) is 0. The van der Waals surface area contributed by atoms with Crippen LogP contribution in [0.4, 0.5) is 0 Å². The maximum Gasteiger partial charge on any atom is 0.105 e.